The fourth-order valence-electron chi connectivity index (χ4n) is 3.03. The second-order valence-electron chi connectivity index (χ2n) is 6.58. The molecule has 0 unspecified atom stereocenters. The van der Waals surface area contributed by atoms with E-state index in [1.807, 2.05) is 25.1 Å². The summed E-state index contributed by atoms with van der Waals surface area (Å²) in [4.78, 5) is 9.21. The van der Waals surface area contributed by atoms with Crippen molar-refractivity contribution in [3.05, 3.63) is 63.9 Å². The van der Waals surface area contributed by atoms with Crippen molar-refractivity contribution in [1.82, 2.24) is 15.6 Å². The predicted molar refractivity (Wildman–Crippen MR) is 122 cm³/mol. The van der Waals surface area contributed by atoms with Crippen LogP contribution in [-0.4, -0.2) is 24.0 Å². The Bertz CT molecular complexity index is 759. The number of halogens is 2. The Morgan fingerprint density at radius 1 is 1.15 bits per heavy atom. The van der Waals surface area contributed by atoms with Crippen LogP contribution in [0.5, 0.6) is 0 Å². The number of aryl methyl sites for hydroxylation is 1. The lowest BCUT2D eigenvalue weighted by Crippen LogP contribution is -2.41. The normalized spacial score (nSPS) is 15.1. The Labute approximate surface area is 181 Å². The minimum absolute atomic E-state index is 0. The maximum absolute atomic E-state index is 4.69. The van der Waals surface area contributed by atoms with E-state index in [2.05, 4.69) is 62.7 Å². The summed E-state index contributed by atoms with van der Waals surface area (Å²) in [7, 11) is 0. The lowest BCUT2D eigenvalue weighted by Gasteiger charge is -2.20. The summed E-state index contributed by atoms with van der Waals surface area (Å²) in [6, 6.07) is 14.6. The number of aliphatic imine (C=N–C) groups is 1. The van der Waals surface area contributed by atoms with Crippen LogP contribution in [0.1, 0.15) is 36.7 Å². The van der Waals surface area contributed by atoms with E-state index >= 15 is 0 Å². The van der Waals surface area contributed by atoms with Crippen molar-refractivity contribution < 1.29 is 0 Å². The summed E-state index contributed by atoms with van der Waals surface area (Å²) in [5, 5.41) is 6.86. The Kier molecular flexibility index (Phi) is 7.88. The van der Waals surface area contributed by atoms with Crippen molar-refractivity contribution in [3.63, 3.8) is 0 Å². The summed E-state index contributed by atoms with van der Waals surface area (Å²) in [6.45, 7) is 6.41. The second-order valence-corrected chi connectivity index (χ2v) is 7.43. The number of aromatic nitrogens is 1. The Morgan fingerprint density at radius 2 is 1.92 bits per heavy atom. The van der Waals surface area contributed by atoms with E-state index in [0.717, 1.165) is 30.4 Å². The molecule has 26 heavy (non-hydrogen) atoms. The predicted octanol–water partition coefficient (Wildman–Crippen LogP) is 4.56. The van der Waals surface area contributed by atoms with Gasteiger partial charge in [0.1, 0.15) is 0 Å². The first-order valence-corrected chi connectivity index (χ1v) is 9.62. The average Bonchev–Trinajstić information content (AvgIpc) is 3.39. The summed E-state index contributed by atoms with van der Waals surface area (Å²) in [5.41, 5.74) is 3.62. The van der Waals surface area contributed by atoms with Gasteiger partial charge in [0.05, 0.1) is 12.2 Å². The molecule has 1 aromatic heterocycles. The van der Waals surface area contributed by atoms with Crippen LogP contribution in [0.3, 0.4) is 0 Å². The first-order chi connectivity index (χ1) is 12.1. The summed E-state index contributed by atoms with van der Waals surface area (Å²) in [5.74, 6) is 0.851. The molecule has 1 heterocycles. The molecule has 0 radical (unpaired) electrons. The third kappa shape index (κ3) is 5.42. The van der Waals surface area contributed by atoms with Gasteiger partial charge in [-0.1, -0.05) is 40.2 Å². The zero-order valence-electron chi connectivity index (χ0n) is 15.3. The quantitative estimate of drug-likeness (QED) is 0.328. The molecule has 0 bridgehead atoms. The Balaban J connectivity index is 0.00000243. The molecule has 1 aliphatic rings. The van der Waals surface area contributed by atoms with Gasteiger partial charge in [-0.2, -0.15) is 0 Å². The number of nitrogens with zero attached hydrogens (tertiary/aromatic N) is 2. The van der Waals surface area contributed by atoms with Gasteiger partial charge in [0.25, 0.3) is 0 Å². The fraction of sp³-hybridized carbons (Fsp3) is 0.400. The van der Waals surface area contributed by atoms with Crippen LogP contribution in [0.15, 0.2) is 51.9 Å². The van der Waals surface area contributed by atoms with Crippen molar-refractivity contribution in [2.24, 2.45) is 4.99 Å². The molecule has 1 aliphatic carbocycles. The van der Waals surface area contributed by atoms with E-state index in [0.29, 0.717) is 6.54 Å². The zero-order valence-corrected chi connectivity index (χ0v) is 19.2. The van der Waals surface area contributed by atoms with E-state index in [9.17, 15) is 0 Å². The second kappa shape index (κ2) is 9.69. The molecular weight excluding hydrogens is 503 g/mol. The van der Waals surface area contributed by atoms with E-state index in [4.69, 9.17) is 4.99 Å². The number of benzene rings is 1. The minimum Gasteiger partial charge on any atom is -0.357 e. The maximum Gasteiger partial charge on any atom is 0.191 e. The van der Waals surface area contributed by atoms with Crippen molar-refractivity contribution >= 4 is 45.9 Å². The van der Waals surface area contributed by atoms with Crippen LogP contribution in [0, 0.1) is 6.92 Å². The molecular formula is C20H26BrIN4. The standard InChI is InChI=1S/C20H25BrN4.HI/c1-3-22-19(23-13-16-8-6-7-15(2)25-16)24-14-20(11-12-20)17-9-4-5-10-18(17)21;/h4-10H,3,11-14H2,1-2H3,(H2,22,23,24);1H. The van der Waals surface area contributed by atoms with E-state index in [-0.39, 0.29) is 29.4 Å². The molecule has 0 spiro atoms. The highest BCUT2D eigenvalue weighted by Crippen LogP contribution is 2.49. The molecule has 4 nitrogen and oxygen atoms in total. The molecule has 140 valence electrons. The van der Waals surface area contributed by atoms with Gasteiger partial charge in [0.2, 0.25) is 0 Å². The summed E-state index contributed by atoms with van der Waals surface area (Å²) >= 11 is 3.70. The monoisotopic (exact) mass is 528 g/mol. The molecule has 0 amide bonds. The summed E-state index contributed by atoms with van der Waals surface area (Å²) < 4.78 is 1.19. The molecule has 3 rings (SSSR count). The molecule has 2 N–H and O–H groups in total. The fourth-order valence-corrected chi connectivity index (χ4v) is 3.73. The highest BCUT2D eigenvalue weighted by Gasteiger charge is 2.45. The van der Waals surface area contributed by atoms with Gasteiger partial charge in [-0.3, -0.25) is 4.98 Å². The van der Waals surface area contributed by atoms with Crippen molar-refractivity contribution in [2.45, 2.75) is 38.6 Å². The van der Waals surface area contributed by atoms with Gasteiger partial charge >= 0.3 is 0 Å². The minimum atomic E-state index is 0. The number of hydrogen-bond donors (Lipinski definition) is 2. The highest BCUT2D eigenvalue weighted by atomic mass is 127. The number of nitrogens with one attached hydrogen (secondary N) is 2. The first kappa shape index (κ1) is 21.2. The van der Waals surface area contributed by atoms with Crippen LogP contribution >= 0.6 is 39.9 Å². The Morgan fingerprint density at radius 3 is 2.58 bits per heavy atom. The van der Waals surface area contributed by atoms with Crippen molar-refractivity contribution in [2.75, 3.05) is 13.1 Å². The van der Waals surface area contributed by atoms with Gasteiger partial charge in [-0.15, -0.1) is 24.0 Å². The largest absolute Gasteiger partial charge is 0.357 e. The molecule has 1 saturated carbocycles. The van der Waals surface area contributed by atoms with Gasteiger partial charge in [0.15, 0.2) is 5.96 Å². The van der Waals surface area contributed by atoms with Gasteiger partial charge in [-0.05, 0) is 50.5 Å². The highest BCUT2D eigenvalue weighted by molar-refractivity contribution is 14.0. The van der Waals surface area contributed by atoms with Crippen LogP contribution in [0.4, 0.5) is 0 Å². The lowest BCUT2D eigenvalue weighted by molar-refractivity contribution is 0.643. The lowest BCUT2D eigenvalue weighted by atomic mass is 9.96. The van der Waals surface area contributed by atoms with Crippen molar-refractivity contribution in [3.8, 4) is 0 Å². The van der Waals surface area contributed by atoms with Crippen molar-refractivity contribution in [1.29, 1.82) is 0 Å². The number of pyridine rings is 1. The number of rotatable bonds is 6. The number of hydrogen-bond acceptors (Lipinski definition) is 2. The molecule has 0 aliphatic heterocycles. The van der Waals surface area contributed by atoms with E-state index in [1.54, 1.807) is 0 Å². The van der Waals surface area contributed by atoms with Crippen LogP contribution in [-0.2, 0) is 12.0 Å². The SMILES string of the molecule is CCNC(=NCc1cccc(C)n1)NCC1(c2ccccc2Br)CC1.I. The van der Waals surface area contributed by atoms with Crippen LogP contribution in [0.2, 0.25) is 0 Å². The Hall–Kier alpha value is -1.15. The molecule has 0 saturated heterocycles. The van der Waals surface area contributed by atoms with Gasteiger partial charge in [0, 0.05) is 28.7 Å². The van der Waals surface area contributed by atoms with E-state index < -0.39 is 0 Å². The number of guanidine groups is 1. The first-order valence-electron chi connectivity index (χ1n) is 8.83. The third-order valence-electron chi connectivity index (χ3n) is 4.58. The topological polar surface area (TPSA) is 49.3 Å². The third-order valence-corrected chi connectivity index (χ3v) is 5.27. The van der Waals surface area contributed by atoms with E-state index in [1.165, 1.54) is 22.9 Å². The molecule has 6 heteroatoms. The summed E-state index contributed by atoms with van der Waals surface area (Å²) in [6.07, 6.45) is 2.42. The van der Waals surface area contributed by atoms with Gasteiger partial charge < -0.3 is 10.6 Å². The van der Waals surface area contributed by atoms with Crippen LogP contribution < -0.4 is 10.6 Å². The molecule has 1 fully saturated rings. The molecule has 1 aromatic carbocycles. The molecule has 2 aromatic rings. The van der Waals surface area contributed by atoms with Crippen LogP contribution in [0.25, 0.3) is 0 Å². The molecule has 0 atom stereocenters. The average molecular weight is 529 g/mol. The zero-order chi connectivity index (χ0) is 17.7. The smallest absolute Gasteiger partial charge is 0.191 e. The van der Waals surface area contributed by atoms with Gasteiger partial charge in [-0.25, -0.2) is 4.99 Å². The maximum atomic E-state index is 4.69.